The average Bonchev–Trinajstić information content (AvgIpc) is 3.03. The fourth-order valence-corrected chi connectivity index (χ4v) is 2.21. The Morgan fingerprint density at radius 3 is 2.48 bits per heavy atom. The number of rotatable bonds is 6. The highest BCUT2D eigenvalue weighted by Crippen LogP contribution is 2.14. The molecule has 8 heteroatoms. The van der Waals surface area contributed by atoms with Gasteiger partial charge in [0.1, 0.15) is 0 Å². The first-order chi connectivity index (χ1) is 10.7. The van der Waals surface area contributed by atoms with E-state index in [4.69, 9.17) is 0 Å². The summed E-state index contributed by atoms with van der Waals surface area (Å²) in [6, 6.07) is 6.81. The maximum absolute atomic E-state index is 10.6. The third kappa shape index (κ3) is 6.43. The highest BCUT2D eigenvalue weighted by atomic mass is 127. The molecular formula is C15H22IN5O2. The summed E-state index contributed by atoms with van der Waals surface area (Å²) in [6.07, 6.45) is 6.39. The molecule has 0 heterocycles. The largest absolute Gasteiger partial charge is 0.383 e. The predicted octanol–water partition coefficient (Wildman–Crippen LogP) is 2.51. The molecule has 0 aromatic heterocycles. The number of nitro groups is 1. The minimum atomic E-state index is -0.404. The summed E-state index contributed by atoms with van der Waals surface area (Å²) in [4.78, 5) is 14.4. The molecule has 2 rings (SSSR count). The topological polar surface area (TPSA) is 91.6 Å². The minimum absolute atomic E-state index is 0. The second-order valence-corrected chi connectivity index (χ2v) is 5.01. The van der Waals surface area contributed by atoms with Crippen LogP contribution in [0.2, 0.25) is 0 Å². The molecule has 0 unspecified atom stereocenters. The highest BCUT2D eigenvalue weighted by molar-refractivity contribution is 14.0. The molecule has 1 aromatic carbocycles. The molecule has 1 aromatic rings. The minimum Gasteiger partial charge on any atom is -0.383 e. The van der Waals surface area contributed by atoms with Crippen molar-refractivity contribution in [2.45, 2.75) is 18.9 Å². The van der Waals surface area contributed by atoms with E-state index < -0.39 is 4.92 Å². The lowest BCUT2D eigenvalue weighted by Crippen LogP contribution is -2.43. The van der Waals surface area contributed by atoms with E-state index in [9.17, 15) is 10.1 Å². The van der Waals surface area contributed by atoms with Crippen molar-refractivity contribution in [3.63, 3.8) is 0 Å². The quantitative estimate of drug-likeness (QED) is 0.123. The number of nitrogens with one attached hydrogen (secondary N) is 3. The van der Waals surface area contributed by atoms with Gasteiger partial charge in [0.05, 0.1) is 4.92 Å². The molecule has 23 heavy (non-hydrogen) atoms. The molecule has 0 radical (unpaired) electrons. The van der Waals surface area contributed by atoms with Crippen LogP contribution in [0.5, 0.6) is 0 Å². The van der Waals surface area contributed by atoms with Crippen LogP contribution in [-0.4, -0.2) is 37.1 Å². The molecule has 0 amide bonds. The smallest absolute Gasteiger partial charge is 0.269 e. The summed E-state index contributed by atoms with van der Waals surface area (Å²) in [7, 11) is 1.75. The molecule has 0 saturated heterocycles. The summed E-state index contributed by atoms with van der Waals surface area (Å²) in [6.45, 7) is 1.40. The molecule has 0 spiro atoms. The zero-order valence-electron chi connectivity index (χ0n) is 13.0. The number of hydrogen-bond acceptors (Lipinski definition) is 4. The van der Waals surface area contributed by atoms with Gasteiger partial charge in [0, 0.05) is 44.0 Å². The first-order valence-corrected chi connectivity index (χ1v) is 7.29. The lowest BCUT2D eigenvalue weighted by atomic mass is 10.2. The van der Waals surface area contributed by atoms with E-state index >= 15 is 0 Å². The van der Waals surface area contributed by atoms with Crippen LogP contribution in [0.15, 0.2) is 41.4 Å². The Balaban J connectivity index is 0.00000264. The van der Waals surface area contributed by atoms with Crippen molar-refractivity contribution in [3.05, 3.63) is 46.5 Å². The number of nitrogens with zero attached hydrogens (tertiary/aromatic N) is 2. The maximum atomic E-state index is 10.6. The van der Waals surface area contributed by atoms with Gasteiger partial charge in [0.2, 0.25) is 0 Å². The fourth-order valence-electron chi connectivity index (χ4n) is 2.21. The molecule has 0 bridgehead atoms. The molecule has 1 aliphatic rings. The summed E-state index contributed by atoms with van der Waals surface area (Å²) in [5.41, 5.74) is 0.953. The standard InChI is InChI=1S/C15H21N5O2.HI/c1-16-15(19-13-4-2-3-5-13)18-11-10-17-12-6-8-14(9-7-12)20(21)22;/h2-3,6-9,13,17H,4-5,10-11H2,1H3,(H2,16,18,19);1H. The third-order valence-electron chi connectivity index (χ3n) is 3.40. The van der Waals surface area contributed by atoms with Crippen molar-refractivity contribution in [2.24, 2.45) is 4.99 Å². The van der Waals surface area contributed by atoms with Crippen molar-refractivity contribution in [1.82, 2.24) is 10.6 Å². The first kappa shape index (κ1) is 19.2. The number of guanidine groups is 1. The van der Waals surface area contributed by atoms with Gasteiger partial charge in [-0.2, -0.15) is 0 Å². The van der Waals surface area contributed by atoms with Crippen molar-refractivity contribution in [2.75, 3.05) is 25.5 Å². The lowest BCUT2D eigenvalue weighted by molar-refractivity contribution is -0.384. The Morgan fingerprint density at radius 1 is 1.26 bits per heavy atom. The third-order valence-corrected chi connectivity index (χ3v) is 3.40. The maximum Gasteiger partial charge on any atom is 0.269 e. The molecule has 0 fully saturated rings. The van der Waals surface area contributed by atoms with E-state index in [0.717, 1.165) is 24.5 Å². The van der Waals surface area contributed by atoms with E-state index in [1.54, 1.807) is 19.2 Å². The second-order valence-electron chi connectivity index (χ2n) is 5.01. The molecular weight excluding hydrogens is 409 g/mol. The van der Waals surface area contributed by atoms with Gasteiger partial charge >= 0.3 is 0 Å². The van der Waals surface area contributed by atoms with Crippen LogP contribution in [0.4, 0.5) is 11.4 Å². The van der Waals surface area contributed by atoms with Crippen LogP contribution in [0.25, 0.3) is 0 Å². The van der Waals surface area contributed by atoms with Crippen molar-refractivity contribution >= 4 is 41.3 Å². The molecule has 1 aliphatic carbocycles. The van der Waals surface area contributed by atoms with Crippen molar-refractivity contribution in [3.8, 4) is 0 Å². The SMILES string of the molecule is CN=C(NCCNc1ccc([N+](=O)[O-])cc1)NC1CC=CC1.I. The Kier molecular flexibility index (Phi) is 8.38. The van der Waals surface area contributed by atoms with Gasteiger partial charge in [0.15, 0.2) is 5.96 Å². The number of anilines is 1. The van der Waals surface area contributed by atoms with E-state index in [-0.39, 0.29) is 29.7 Å². The number of nitro benzene ring substituents is 1. The second kappa shape index (κ2) is 10.0. The highest BCUT2D eigenvalue weighted by Gasteiger charge is 2.11. The van der Waals surface area contributed by atoms with Crippen LogP contribution >= 0.6 is 24.0 Å². The van der Waals surface area contributed by atoms with E-state index in [0.29, 0.717) is 19.1 Å². The van der Waals surface area contributed by atoms with Crippen LogP contribution in [0, 0.1) is 10.1 Å². The molecule has 0 aliphatic heterocycles. The molecule has 3 N–H and O–H groups in total. The number of aliphatic imine (C=N–C) groups is 1. The van der Waals surface area contributed by atoms with Crippen LogP contribution in [0.1, 0.15) is 12.8 Å². The molecule has 0 saturated carbocycles. The Labute approximate surface area is 152 Å². The average molecular weight is 431 g/mol. The van der Waals surface area contributed by atoms with Crippen LogP contribution in [-0.2, 0) is 0 Å². The van der Waals surface area contributed by atoms with Gasteiger partial charge in [0.25, 0.3) is 5.69 Å². The Hall–Kier alpha value is -1.84. The van der Waals surface area contributed by atoms with Gasteiger partial charge in [-0.25, -0.2) is 0 Å². The summed E-state index contributed by atoms with van der Waals surface area (Å²) in [5.74, 6) is 0.791. The number of halogens is 1. The fraction of sp³-hybridized carbons (Fsp3) is 0.400. The Bertz CT molecular complexity index is 551. The Morgan fingerprint density at radius 2 is 1.91 bits per heavy atom. The monoisotopic (exact) mass is 431 g/mol. The van der Waals surface area contributed by atoms with Gasteiger partial charge < -0.3 is 16.0 Å². The summed E-state index contributed by atoms with van der Waals surface area (Å²) >= 11 is 0. The van der Waals surface area contributed by atoms with Crippen LogP contribution < -0.4 is 16.0 Å². The van der Waals surface area contributed by atoms with Crippen molar-refractivity contribution < 1.29 is 4.92 Å². The lowest BCUT2D eigenvalue weighted by Gasteiger charge is -2.17. The van der Waals surface area contributed by atoms with Crippen molar-refractivity contribution in [1.29, 1.82) is 0 Å². The van der Waals surface area contributed by atoms with Gasteiger partial charge in [-0.05, 0) is 25.0 Å². The predicted molar refractivity (Wildman–Crippen MR) is 104 cm³/mol. The number of hydrogen-bond donors (Lipinski definition) is 3. The molecule has 7 nitrogen and oxygen atoms in total. The summed E-state index contributed by atoms with van der Waals surface area (Å²) in [5, 5.41) is 20.4. The number of non-ortho nitro benzene ring substituents is 1. The molecule has 126 valence electrons. The summed E-state index contributed by atoms with van der Waals surface area (Å²) < 4.78 is 0. The zero-order valence-corrected chi connectivity index (χ0v) is 15.3. The molecule has 0 atom stereocenters. The van der Waals surface area contributed by atoms with Crippen LogP contribution in [0.3, 0.4) is 0 Å². The van der Waals surface area contributed by atoms with E-state index in [1.165, 1.54) is 12.1 Å². The first-order valence-electron chi connectivity index (χ1n) is 7.29. The number of benzene rings is 1. The normalized spacial score (nSPS) is 14.2. The van der Waals surface area contributed by atoms with E-state index in [1.807, 2.05) is 0 Å². The zero-order chi connectivity index (χ0) is 15.8. The van der Waals surface area contributed by atoms with Gasteiger partial charge in [-0.1, -0.05) is 12.2 Å². The van der Waals surface area contributed by atoms with E-state index in [2.05, 4.69) is 33.1 Å². The van der Waals surface area contributed by atoms with Gasteiger partial charge in [-0.15, -0.1) is 24.0 Å². The van der Waals surface area contributed by atoms with Gasteiger partial charge in [-0.3, -0.25) is 15.1 Å².